The molecular weight excluding hydrogens is 311 g/mol. The number of amides is 1. The highest BCUT2D eigenvalue weighted by molar-refractivity contribution is 6.38. The van der Waals surface area contributed by atoms with Crippen LogP contribution in [0.15, 0.2) is 41.6 Å². The maximum atomic E-state index is 11.6. The van der Waals surface area contributed by atoms with E-state index in [0.717, 1.165) is 16.7 Å². The maximum Gasteiger partial charge on any atom is 0.239 e. The van der Waals surface area contributed by atoms with Gasteiger partial charge in [-0.15, -0.1) is 11.6 Å². The van der Waals surface area contributed by atoms with Crippen molar-refractivity contribution in [2.45, 2.75) is 0 Å². The Labute approximate surface area is 131 Å². The Morgan fingerprint density at radius 3 is 2.52 bits per heavy atom. The zero-order valence-electron chi connectivity index (χ0n) is 10.7. The van der Waals surface area contributed by atoms with Gasteiger partial charge < -0.3 is 10.5 Å². The number of halogens is 2. The normalized spacial score (nSPS) is 13.9. The molecule has 6 heteroatoms. The summed E-state index contributed by atoms with van der Waals surface area (Å²) >= 11 is 11.8. The number of anilines is 1. The number of alkyl halides is 1. The molecule has 0 radical (unpaired) electrons. The molecule has 4 nitrogen and oxygen atoms in total. The fourth-order valence-corrected chi connectivity index (χ4v) is 2.85. The summed E-state index contributed by atoms with van der Waals surface area (Å²) in [4.78, 5) is 11.6. The standard InChI is InChI=1S/C15H10Cl2N2O2/c16-7-12(20)18-11-6-5-10(17)13-8-3-1-2-4-9(8)15(19-21)14(11)13/h1-6,21H,7H2,(H,18,20)/b19-15+. The molecule has 0 unspecified atom stereocenters. The van der Waals surface area contributed by atoms with Crippen molar-refractivity contribution in [1.29, 1.82) is 0 Å². The lowest BCUT2D eigenvalue weighted by atomic mass is 10.0. The fourth-order valence-electron chi connectivity index (χ4n) is 2.52. The average molecular weight is 321 g/mol. The number of hydrogen-bond donors (Lipinski definition) is 2. The van der Waals surface area contributed by atoms with Gasteiger partial charge in [-0.05, 0) is 17.7 Å². The number of hydrogen-bond acceptors (Lipinski definition) is 3. The lowest BCUT2D eigenvalue weighted by Crippen LogP contribution is -2.15. The Bertz CT molecular complexity index is 772. The molecule has 0 saturated carbocycles. The first-order valence-corrected chi connectivity index (χ1v) is 7.09. The van der Waals surface area contributed by atoms with Crippen LogP contribution in [0.1, 0.15) is 11.1 Å². The van der Waals surface area contributed by atoms with Crippen molar-refractivity contribution in [2.75, 3.05) is 11.2 Å². The summed E-state index contributed by atoms with van der Waals surface area (Å²) < 4.78 is 0. The van der Waals surface area contributed by atoms with Crippen molar-refractivity contribution >= 4 is 40.5 Å². The minimum atomic E-state index is -0.338. The lowest BCUT2D eigenvalue weighted by molar-refractivity contribution is -0.113. The van der Waals surface area contributed by atoms with Crippen molar-refractivity contribution in [3.05, 3.63) is 52.5 Å². The van der Waals surface area contributed by atoms with E-state index in [1.165, 1.54) is 0 Å². The number of nitrogens with one attached hydrogen (secondary N) is 1. The molecule has 3 rings (SSSR count). The van der Waals surface area contributed by atoms with E-state index < -0.39 is 0 Å². The molecule has 2 aromatic rings. The van der Waals surface area contributed by atoms with Gasteiger partial charge in [0, 0.05) is 21.7 Å². The molecule has 1 aliphatic rings. The molecule has 0 aromatic heterocycles. The van der Waals surface area contributed by atoms with Crippen LogP contribution in [0.25, 0.3) is 11.1 Å². The van der Waals surface area contributed by atoms with E-state index in [-0.39, 0.29) is 11.8 Å². The van der Waals surface area contributed by atoms with Crippen LogP contribution in [0.3, 0.4) is 0 Å². The largest absolute Gasteiger partial charge is 0.410 e. The molecular formula is C15H10Cl2N2O2. The van der Waals surface area contributed by atoms with Crippen LogP contribution in [0.4, 0.5) is 5.69 Å². The first kappa shape index (κ1) is 13.9. The summed E-state index contributed by atoms with van der Waals surface area (Å²) in [6.45, 7) is 0. The molecule has 0 spiro atoms. The molecule has 1 aliphatic carbocycles. The van der Waals surface area contributed by atoms with E-state index in [1.807, 2.05) is 24.3 Å². The van der Waals surface area contributed by atoms with E-state index >= 15 is 0 Å². The van der Waals surface area contributed by atoms with Gasteiger partial charge in [-0.3, -0.25) is 4.79 Å². The van der Waals surface area contributed by atoms with Crippen LogP contribution in [0, 0.1) is 0 Å². The van der Waals surface area contributed by atoms with Crippen LogP contribution in [0.2, 0.25) is 5.02 Å². The van der Waals surface area contributed by atoms with Crippen LogP contribution < -0.4 is 5.32 Å². The van der Waals surface area contributed by atoms with Crippen molar-refractivity contribution in [3.8, 4) is 11.1 Å². The molecule has 1 amide bonds. The fraction of sp³-hybridized carbons (Fsp3) is 0.0667. The van der Waals surface area contributed by atoms with Crippen molar-refractivity contribution in [1.82, 2.24) is 0 Å². The molecule has 0 aliphatic heterocycles. The van der Waals surface area contributed by atoms with Crippen LogP contribution in [0.5, 0.6) is 0 Å². The SMILES string of the molecule is O=C(CCl)Nc1ccc(Cl)c2c1/C(=N/O)c1ccccc1-2. The lowest BCUT2D eigenvalue weighted by Gasteiger charge is -2.11. The first-order chi connectivity index (χ1) is 10.2. The highest BCUT2D eigenvalue weighted by atomic mass is 35.5. The average Bonchev–Trinajstić information content (AvgIpc) is 2.85. The number of oxime groups is 1. The zero-order valence-corrected chi connectivity index (χ0v) is 12.2. The minimum absolute atomic E-state index is 0.157. The third-order valence-electron chi connectivity index (χ3n) is 3.34. The van der Waals surface area contributed by atoms with Crippen LogP contribution in [-0.4, -0.2) is 22.7 Å². The Balaban J connectivity index is 2.27. The first-order valence-electron chi connectivity index (χ1n) is 6.18. The van der Waals surface area contributed by atoms with Gasteiger partial charge in [0.05, 0.1) is 5.69 Å². The Morgan fingerprint density at radius 1 is 1.14 bits per heavy atom. The number of nitrogens with zero attached hydrogens (tertiary/aromatic N) is 1. The monoisotopic (exact) mass is 320 g/mol. The molecule has 0 heterocycles. The summed E-state index contributed by atoms with van der Waals surface area (Å²) in [5, 5.41) is 16.0. The molecule has 2 aromatic carbocycles. The maximum absolute atomic E-state index is 11.6. The van der Waals surface area contributed by atoms with E-state index in [9.17, 15) is 10.0 Å². The molecule has 21 heavy (non-hydrogen) atoms. The number of benzene rings is 2. The third-order valence-corrected chi connectivity index (χ3v) is 3.90. The number of rotatable bonds is 2. The van der Waals surface area contributed by atoms with Crippen LogP contribution in [-0.2, 0) is 4.79 Å². The smallest absolute Gasteiger partial charge is 0.239 e. The van der Waals surface area contributed by atoms with Crippen molar-refractivity contribution in [3.63, 3.8) is 0 Å². The molecule has 0 atom stereocenters. The van der Waals surface area contributed by atoms with Gasteiger partial charge in [0.15, 0.2) is 0 Å². The zero-order chi connectivity index (χ0) is 15.0. The second-order valence-corrected chi connectivity index (χ2v) is 5.20. The Morgan fingerprint density at radius 2 is 1.86 bits per heavy atom. The Hall–Kier alpha value is -2.04. The second kappa shape index (κ2) is 5.39. The summed E-state index contributed by atoms with van der Waals surface area (Å²) in [7, 11) is 0. The van der Waals surface area contributed by atoms with Crippen LogP contribution >= 0.6 is 23.2 Å². The molecule has 0 fully saturated rings. The number of carbonyl (C=O) groups is 1. The molecule has 2 N–H and O–H groups in total. The summed E-state index contributed by atoms with van der Waals surface area (Å²) in [6.07, 6.45) is 0. The van der Waals surface area contributed by atoms with E-state index in [2.05, 4.69) is 10.5 Å². The number of fused-ring (bicyclic) bond motifs is 3. The van der Waals surface area contributed by atoms with Gasteiger partial charge in [-0.1, -0.05) is 41.0 Å². The van der Waals surface area contributed by atoms with Gasteiger partial charge in [-0.25, -0.2) is 0 Å². The summed E-state index contributed by atoms with van der Waals surface area (Å²) in [5.74, 6) is -0.495. The number of carbonyl (C=O) groups excluding carboxylic acids is 1. The van der Waals surface area contributed by atoms with E-state index in [4.69, 9.17) is 23.2 Å². The van der Waals surface area contributed by atoms with Gasteiger partial charge in [0.2, 0.25) is 5.91 Å². The van der Waals surface area contributed by atoms with Gasteiger partial charge >= 0.3 is 0 Å². The molecule has 0 saturated heterocycles. The molecule has 0 bridgehead atoms. The third kappa shape index (κ3) is 2.17. The topological polar surface area (TPSA) is 61.7 Å². The van der Waals surface area contributed by atoms with Gasteiger partial charge in [-0.2, -0.15) is 0 Å². The second-order valence-electron chi connectivity index (χ2n) is 4.52. The van der Waals surface area contributed by atoms with E-state index in [0.29, 0.717) is 22.0 Å². The minimum Gasteiger partial charge on any atom is -0.410 e. The van der Waals surface area contributed by atoms with Gasteiger partial charge in [0.1, 0.15) is 11.6 Å². The summed E-state index contributed by atoms with van der Waals surface area (Å²) in [6, 6.07) is 10.8. The quantitative estimate of drug-likeness (QED) is 0.429. The van der Waals surface area contributed by atoms with E-state index in [1.54, 1.807) is 12.1 Å². The van der Waals surface area contributed by atoms with Gasteiger partial charge in [0.25, 0.3) is 0 Å². The predicted octanol–water partition coefficient (Wildman–Crippen LogP) is 3.72. The molecule has 106 valence electrons. The Kier molecular flexibility index (Phi) is 3.57. The van der Waals surface area contributed by atoms with Crippen molar-refractivity contribution in [2.24, 2.45) is 5.16 Å². The summed E-state index contributed by atoms with van der Waals surface area (Å²) in [5.41, 5.74) is 3.88. The highest BCUT2D eigenvalue weighted by Crippen LogP contribution is 2.44. The highest BCUT2D eigenvalue weighted by Gasteiger charge is 2.30. The van der Waals surface area contributed by atoms with Crippen molar-refractivity contribution < 1.29 is 10.0 Å². The predicted molar refractivity (Wildman–Crippen MR) is 83.7 cm³/mol.